The number of benzene rings is 2. The van der Waals surface area contributed by atoms with E-state index in [0.717, 1.165) is 23.5 Å². The molecular formula is C20H20F2N4OS. The number of amides is 1. The largest absolute Gasteiger partial charge is 0.320 e. The Morgan fingerprint density at radius 2 is 1.79 bits per heavy atom. The zero-order valence-corrected chi connectivity index (χ0v) is 16.3. The van der Waals surface area contributed by atoms with E-state index in [1.54, 1.807) is 6.92 Å². The number of hydrogen-bond acceptors (Lipinski definition) is 4. The molecule has 0 aliphatic heterocycles. The Morgan fingerprint density at radius 3 is 2.43 bits per heavy atom. The van der Waals surface area contributed by atoms with Crippen LogP contribution in [0.5, 0.6) is 0 Å². The molecule has 8 heteroatoms. The molecule has 1 amide bonds. The Hall–Kier alpha value is -2.74. The normalized spacial score (nSPS) is 12.0. The number of carbonyl (C=O) groups is 1. The first-order chi connectivity index (χ1) is 13.5. The van der Waals surface area contributed by atoms with Gasteiger partial charge in [-0.15, -0.1) is 10.2 Å². The van der Waals surface area contributed by atoms with E-state index in [1.165, 1.54) is 17.8 Å². The van der Waals surface area contributed by atoms with E-state index in [0.29, 0.717) is 18.1 Å². The van der Waals surface area contributed by atoms with Crippen LogP contribution in [0.2, 0.25) is 0 Å². The Morgan fingerprint density at radius 1 is 1.11 bits per heavy atom. The summed E-state index contributed by atoms with van der Waals surface area (Å²) in [5.41, 5.74) is 0.670. The van der Waals surface area contributed by atoms with Gasteiger partial charge >= 0.3 is 0 Å². The fourth-order valence-corrected chi connectivity index (χ4v) is 3.62. The molecule has 0 radical (unpaired) electrons. The van der Waals surface area contributed by atoms with Crippen molar-refractivity contribution in [2.75, 3.05) is 5.32 Å². The summed E-state index contributed by atoms with van der Waals surface area (Å²) in [6, 6.07) is 13.4. The minimum atomic E-state index is -0.813. The van der Waals surface area contributed by atoms with Crippen molar-refractivity contribution in [1.29, 1.82) is 0 Å². The number of para-hydroxylation sites is 1. The molecule has 0 spiro atoms. The summed E-state index contributed by atoms with van der Waals surface area (Å²) >= 11 is 1.20. The van der Waals surface area contributed by atoms with Gasteiger partial charge in [-0.25, -0.2) is 8.78 Å². The molecule has 0 unspecified atom stereocenters. The Balaban J connectivity index is 1.71. The maximum atomic E-state index is 13.7. The maximum Gasteiger partial charge on any atom is 0.237 e. The van der Waals surface area contributed by atoms with Gasteiger partial charge in [0.05, 0.1) is 5.25 Å². The van der Waals surface area contributed by atoms with Gasteiger partial charge in [-0.2, -0.15) is 0 Å². The average Bonchev–Trinajstić information content (AvgIpc) is 3.06. The number of hydrogen-bond donors (Lipinski definition) is 1. The topological polar surface area (TPSA) is 59.8 Å². The predicted molar refractivity (Wildman–Crippen MR) is 105 cm³/mol. The second-order valence-electron chi connectivity index (χ2n) is 6.15. The van der Waals surface area contributed by atoms with E-state index >= 15 is 0 Å². The SMILES string of the molecule is CCn1c(Cc2ccccc2)nnc1S[C@@H](C)C(=O)Nc1c(F)cccc1F. The summed E-state index contributed by atoms with van der Waals surface area (Å²) in [4.78, 5) is 12.4. The number of aromatic nitrogens is 3. The second kappa shape index (κ2) is 8.97. The highest BCUT2D eigenvalue weighted by Gasteiger charge is 2.22. The van der Waals surface area contributed by atoms with Crippen molar-refractivity contribution in [2.45, 2.75) is 37.2 Å². The smallest absolute Gasteiger partial charge is 0.237 e. The monoisotopic (exact) mass is 402 g/mol. The highest BCUT2D eigenvalue weighted by Crippen LogP contribution is 2.25. The summed E-state index contributed by atoms with van der Waals surface area (Å²) in [7, 11) is 0. The van der Waals surface area contributed by atoms with Crippen molar-refractivity contribution in [2.24, 2.45) is 0 Å². The van der Waals surface area contributed by atoms with E-state index in [-0.39, 0.29) is 0 Å². The van der Waals surface area contributed by atoms with Gasteiger partial charge in [-0.1, -0.05) is 48.2 Å². The Bertz CT molecular complexity index is 942. The van der Waals surface area contributed by atoms with Crippen molar-refractivity contribution in [1.82, 2.24) is 14.8 Å². The van der Waals surface area contributed by atoms with E-state index in [2.05, 4.69) is 15.5 Å². The molecule has 3 rings (SSSR count). The molecule has 1 atom stereocenters. The van der Waals surface area contributed by atoms with Gasteiger partial charge < -0.3 is 9.88 Å². The van der Waals surface area contributed by atoms with E-state index in [9.17, 15) is 13.6 Å². The van der Waals surface area contributed by atoms with Crippen LogP contribution in [0.1, 0.15) is 25.2 Å². The standard InChI is InChI=1S/C20H20F2N4OS/c1-3-26-17(12-14-8-5-4-6-9-14)24-25-20(26)28-13(2)19(27)23-18-15(21)10-7-11-16(18)22/h4-11,13H,3,12H2,1-2H3,(H,23,27)/t13-/m0/s1. The summed E-state index contributed by atoms with van der Waals surface area (Å²) in [5, 5.41) is 10.7. The minimum absolute atomic E-state index is 0.443. The quantitative estimate of drug-likeness (QED) is 0.599. The summed E-state index contributed by atoms with van der Waals surface area (Å²) in [6.45, 7) is 4.28. The number of anilines is 1. The molecular weight excluding hydrogens is 382 g/mol. The van der Waals surface area contributed by atoms with Gasteiger partial charge in [0.1, 0.15) is 23.1 Å². The van der Waals surface area contributed by atoms with Crippen molar-refractivity contribution in [3.63, 3.8) is 0 Å². The first-order valence-electron chi connectivity index (χ1n) is 8.87. The van der Waals surface area contributed by atoms with Gasteiger partial charge in [-0.05, 0) is 31.5 Å². The third kappa shape index (κ3) is 4.56. The fourth-order valence-electron chi connectivity index (χ4n) is 2.69. The summed E-state index contributed by atoms with van der Waals surface area (Å²) in [5.74, 6) is -1.34. The molecule has 0 saturated heterocycles. The second-order valence-corrected chi connectivity index (χ2v) is 7.46. The van der Waals surface area contributed by atoms with E-state index in [1.807, 2.05) is 41.8 Å². The van der Waals surface area contributed by atoms with Crippen LogP contribution in [-0.2, 0) is 17.8 Å². The number of nitrogens with zero attached hydrogens (tertiary/aromatic N) is 3. The number of halogens is 2. The molecule has 1 N–H and O–H groups in total. The van der Waals surface area contributed by atoms with Crippen LogP contribution in [-0.4, -0.2) is 25.9 Å². The van der Waals surface area contributed by atoms with Crippen LogP contribution in [0.4, 0.5) is 14.5 Å². The lowest BCUT2D eigenvalue weighted by Crippen LogP contribution is -2.24. The van der Waals surface area contributed by atoms with Crippen LogP contribution in [0.3, 0.4) is 0 Å². The van der Waals surface area contributed by atoms with Crippen molar-refractivity contribution in [3.05, 3.63) is 71.6 Å². The Labute approximate surface area is 166 Å². The van der Waals surface area contributed by atoms with Gasteiger partial charge in [0.25, 0.3) is 0 Å². The molecule has 0 fully saturated rings. The zero-order chi connectivity index (χ0) is 20.1. The van der Waals surface area contributed by atoms with Crippen molar-refractivity contribution < 1.29 is 13.6 Å². The lowest BCUT2D eigenvalue weighted by molar-refractivity contribution is -0.115. The van der Waals surface area contributed by atoms with E-state index < -0.39 is 28.5 Å². The first kappa shape index (κ1) is 20.0. The highest BCUT2D eigenvalue weighted by atomic mass is 32.2. The zero-order valence-electron chi connectivity index (χ0n) is 15.5. The van der Waals surface area contributed by atoms with Crippen LogP contribution >= 0.6 is 11.8 Å². The number of rotatable bonds is 7. The van der Waals surface area contributed by atoms with Crippen molar-refractivity contribution in [3.8, 4) is 0 Å². The molecule has 5 nitrogen and oxygen atoms in total. The predicted octanol–water partition coefficient (Wildman–Crippen LogP) is 4.29. The van der Waals surface area contributed by atoms with Crippen molar-refractivity contribution >= 4 is 23.4 Å². The average molecular weight is 402 g/mol. The summed E-state index contributed by atoms with van der Waals surface area (Å²) in [6.07, 6.45) is 0.628. The van der Waals surface area contributed by atoms with Gasteiger partial charge in [0.15, 0.2) is 5.16 Å². The third-order valence-corrected chi connectivity index (χ3v) is 5.26. The van der Waals surface area contributed by atoms with Crippen LogP contribution < -0.4 is 5.32 Å². The molecule has 0 bridgehead atoms. The van der Waals surface area contributed by atoms with Crippen LogP contribution in [0.25, 0.3) is 0 Å². The molecule has 3 aromatic rings. The molecule has 0 saturated carbocycles. The number of thioether (sulfide) groups is 1. The van der Waals surface area contributed by atoms with Gasteiger partial charge in [0.2, 0.25) is 5.91 Å². The fraction of sp³-hybridized carbons (Fsp3) is 0.250. The molecule has 1 aromatic heterocycles. The summed E-state index contributed by atoms with van der Waals surface area (Å²) < 4.78 is 29.4. The molecule has 0 aliphatic carbocycles. The molecule has 2 aromatic carbocycles. The molecule has 146 valence electrons. The van der Waals surface area contributed by atoms with Gasteiger partial charge in [-0.3, -0.25) is 4.79 Å². The number of nitrogens with one attached hydrogen (secondary N) is 1. The third-order valence-electron chi connectivity index (χ3n) is 4.18. The first-order valence-corrected chi connectivity index (χ1v) is 9.75. The molecule has 0 aliphatic rings. The molecule has 28 heavy (non-hydrogen) atoms. The minimum Gasteiger partial charge on any atom is -0.320 e. The van der Waals surface area contributed by atoms with Crippen LogP contribution in [0.15, 0.2) is 53.7 Å². The highest BCUT2D eigenvalue weighted by molar-refractivity contribution is 8.00. The van der Waals surface area contributed by atoms with Crippen LogP contribution in [0, 0.1) is 11.6 Å². The maximum absolute atomic E-state index is 13.7. The Kier molecular flexibility index (Phi) is 6.41. The lowest BCUT2D eigenvalue weighted by atomic mass is 10.1. The van der Waals surface area contributed by atoms with Gasteiger partial charge in [0, 0.05) is 13.0 Å². The molecule has 1 heterocycles. The van der Waals surface area contributed by atoms with E-state index in [4.69, 9.17) is 0 Å². The lowest BCUT2D eigenvalue weighted by Gasteiger charge is -2.13. The number of carbonyl (C=O) groups excluding carboxylic acids is 1.